The maximum atomic E-state index is 10.2. The molecule has 1 saturated heterocycles. The van der Waals surface area contributed by atoms with Gasteiger partial charge in [-0.3, -0.25) is 9.88 Å². The predicted molar refractivity (Wildman–Crippen MR) is 151 cm³/mol. The molecule has 0 radical (unpaired) electrons. The van der Waals surface area contributed by atoms with Crippen LogP contribution >= 0.6 is 46.3 Å². The summed E-state index contributed by atoms with van der Waals surface area (Å²) < 4.78 is 6.14. The summed E-state index contributed by atoms with van der Waals surface area (Å²) in [4.78, 5) is 7.36. The number of nitrogens with one attached hydrogen (secondary N) is 1. The first-order chi connectivity index (χ1) is 17.9. The van der Waals surface area contributed by atoms with E-state index < -0.39 is 11.7 Å². The lowest BCUT2D eigenvalue weighted by Crippen LogP contribution is -2.46. The molecule has 0 amide bonds. The second-order valence-corrected chi connectivity index (χ2v) is 11.5. The Bertz CT molecular complexity index is 1490. The summed E-state index contributed by atoms with van der Waals surface area (Å²) in [6.07, 6.45) is 0.670. The lowest BCUT2D eigenvalue weighted by atomic mass is 10.1. The van der Waals surface area contributed by atoms with Gasteiger partial charge in [-0.1, -0.05) is 47.5 Å². The molecule has 0 spiro atoms. The largest absolute Gasteiger partial charge is 0.495 e. The third-order valence-corrected chi connectivity index (χ3v) is 8.89. The molecule has 2 aromatic heterocycles. The number of ether oxygens (including phenoxy) is 1. The van der Waals surface area contributed by atoms with E-state index in [2.05, 4.69) is 16.4 Å². The second-order valence-electron chi connectivity index (χ2n) is 8.42. The van der Waals surface area contributed by atoms with Crippen LogP contribution < -0.4 is 10.1 Å². The molecule has 5 rings (SSSR count). The van der Waals surface area contributed by atoms with Gasteiger partial charge in [-0.05, 0) is 23.3 Å². The van der Waals surface area contributed by atoms with E-state index in [1.807, 2.05) is 35.2 Å². The molecule has 190 valence electrons. The number of aliphatic hydroxyl groups is 2. The average Bonchev–Trinajstić information content (AvgIpc) is 3.33. The number of halogens is 2. The molecule has 1 aliphatic rings. The predicted octanol–water partition coefficient (Wildman–Crippen LogP) is 6.08. The van der Waals surface area contributed by atoms with Gasteiger partial charge in [0, 0.05) is 36.0 Å². The number of nitrogens with zero attached hydrogens (tertiary/aromatic N) is 3. The number of benzene rings is 2. The molecule has 1 aliphatic heterocycles. The fraction of sp³-hybridized carbons (Fsp3) is 0.231. The number of aliphatic hydroxyl groups excluding tert-OH is 2. The third kappa shape index (κ3) is 5.38. The van der Waals surface area contributed by atoms with E-state index in [0.29, 0.717) is 45.8 Å². The molecule has 7 nitrogen and oxygen atoms in total. The number of aromatic nitrogens is 1. The lowest BCUT2D eigenvalue weighted by Gasteiger charge is -2.35. The van der Waals surface area contributed by atoms with Crippen molar-refractivity contribution >= 4 is 67.9 Å². The topological polar surface area (TPSA) is 102 Å². The number of hydrogen-bond acceptors (Lipinski definition) is 9. The summed E-state index contributed by atoms with van der Waals surface area (Å²) in [7, 11) is 1.53. The zero-order valence-corrected chi connectivity index (χ0v) is 22.8. The lowest BCUT2D eigenvalue weighted by molar-refractivity contribution is -0.0557. The molecule has 2 atom stereocenters. The number of pyridine rings is 1. The Morgan fingerprint density at radius 2 is 1.97 bits per heavy atom. The van der Waals surface area contributed by atoms with Crippen molar-refractivity contribution in [3.63, 3.8) is 0 Å². The highest BCUT2D eigenvalue weighted by atomic mass is 35.5. The van der Waals surface area contributed by atoms with Crippen molar-refractivity contribution in [3.8, 4) is 22.3 Å². The first-order valence-electron chi connectivity index (χ1n) is 11.3. The first-order valence-corrected chi connectivity index (χ1v) is 13.9. The quantitative estimate of drug-likeness (QED) is 0.255. The van der Waals surface area contributed by atoms with E-state index in [1.54, 1.807) is 18.3 Å². The molecule has 2 aromatic carbocycles. The number of rotatable bonds is 6. The normalized spacial score (nSPS) is 18.1. The molecule has 0 aliphatic carbocycles. The zero-order valence-electron chi connectivity index (χ0n) is 19.6. The molecule has 2 unspecified atom stereocenters. The van der Waals surface area contributed by atoms with E-state index in [1.165, 1.54) is 30.2 Å². The molecule has 1 fully saturated rings. The van der Waals surface area contributed by atoms with Gasteiger partial charge in [-0.15, -0.1) is 23.1 Å². The van der Waals surface area contributed by atoms with Gasteiger partial charge in [0.1, 0.15) is 23.5 Å². The minimum Gasteiger partial charge on any atom is -0.495 e. The van der Waals surface area contributed by atoms with E-state index in [0.717, 1.165) is 32.0 Å². The molecule has 0 saturated carbocycles. The Balaban J connectivity index is 1.45. The van der Waals surface area contributed by atoms with Crippen molar-refractivity contribution in [2.24, 2.45) is 0 Å². The minimum atomic E-state index is -0.874. The fourth-order valence-electron chi connectivity index (χ4n) is 4.12. The number of nitriles is 1. The van der Waals surface area contributed by atoms with Crippen molar-refractivity contribution in [2.45, 2.75) is 18.2 Å². The van der Waals surface area contributed by atoms with Gasteiger partial charge in [0.25, 0.3) is 0 Å². The van der Waals surface area contributed by atoms with Gasteiger partial charge in [-0.2, -0.15) is 5.26 Å². The summed E-state index contributed by atoms with van der Waals surface area (Å²) in [6.45, 7) is 1.27. The number of methoxy groups -OCH3 is 1. The van der Waals surface area contributed by atoms with Gasteiger partial charge in [0.2, 0.25) is 0 Å². The molecule has 3 heterocycles. The van der Waals surface area contributed by atoms with Crippen molar-refractivity contribution in [1.29, 1.82) is 5.26 Å². The van der Waals surface area contributed by atoms with E-state index >= 15 is 0 Å². The maximum absolute atomic E-state index is 10.2. The number of hydrogen-bond donors (Lipinski definition) is 3. The van der Waals surface area contributed by atoms with Gasteiger partial charge in [0.05, 0.1) is 44.3 Å². The van der Waals surface area contributed by atoms with Crippen LogP contribution in [-0.2, 0) is 6.54 Å². The Morgan fingerprint density at radius 3 is 2.70 bits per heavy atom. The van der Waals surface area contributed by atoms with Crippen LogP contribution in [0.1, 0.15) is 11.1 Å². The monoisotopic (exact) mass is 572 g/mol. The Hall–Kier alpha value is -2.55. The summed E-state index contributed by atoms with van der Waals surface area (Å²) in [5.41, 5.74) is 3.59. The molecule has 3 N–H and O–H groups in total. The summed E-state index contributed by atoms with van der Waals surface area (Å²) in [5, 5.41) is 34.0. The maximum Gasteiger partial charge on any atom is 0.143 e. The first kappa shape index (κ1) is 26.1. The average molecular weight is 574 g/mol. The Kier molecular flexibility index (Phi) is 7.79. The molecule has 37 heavy (non-hydrogen) atoms. The van der Waals surface area contributed by atoms with Crippen molar-refractivity contribution < 1.29 is 14.9 Å². The molecular formula is C26H22Cl2N4O3S2. The van der Waals surface area contributed by atoms with Crippen LogP contribution in [0.15, 0.2) is 48.7 Å². The number of thioether (sulfide) groups is 1. The Labute approximate surface area is 232 Å². The molecule has 11 heteroatoms. The van der Waals surface area contributed by atoms with Gasteiger partial charge < -0.3 is 20.3 Å². The highest BCUT2D eigenvalue weighted by Crippen LogP contribution is 2.42. The standard InChI is InChI=1S/C26H22Cl2N4O3S2/c1-35-21-9-19(17(27)8-18(21)28)31-23-16(11-29)12-30-20-10-22(37-24(20)23)15-4-2-14(3-5-15)13-32-6-7-36-26(34)25(32)33/h2-5,8-10,12,25-26,33-34H,6-7,13H2,1H3,(H,30,31). The highest BCUT2D eigenvalue weighted by Gasteiger charge is 2.28. The van der Waals surface area contributed by atoms with Crippen molar-refractivity contribution in [2.75, 3.05) is 24.7 Å². The summed E-state index contributed by atoms with van der Waals surface area (Å²) >= 11 is 15.5. The second kappa shape index (κ2) is 11.1. The fourth-order valence-corrected chi connectivity index (χ4v) is 6.67. The van der Waals surface area contributed by atoms with Crippen molar-refractivity contribution in [1.82, 2.24) is 9.88 Å². The summed E-state index contributed by atoms with van der Waals surface area (Å²) in [6, 6.07) is 15.6. The molecule has 4 aromatic rings. The summed E-state index contributed by atoms with van der Waals surface area (Å²) in [5.74, 6) is 1.25. The number of thiophene rings is 1. The van der Waals surface area contributed by atoms with Crippen LogP contribution in [0.4, 0.5) is 11.4 Å². The Morgan fingerprint density at radius 1 is 1.19 bits per heavy atom. The number of fused-ring (bicyclic) bond motifs is 1. The SMILES string of the molecule is COc1cc(Nc2c(C#N)cnc3cc(-c4ccc(CN5CCSC(O)C5O)cc4)sc23)c(Cl)cc1Cl. The molecule has 0 bridgehead atoms. The van der Waals surface area contributed by atoms with E-state index in [9.17, 15) is 15.5 Å². The smallest absolute Gasteiger partial charge is 0.143 e. The highest BCUT2D eigenvalue weighted by molar-refractivity contribution is 7.99. The van der Waals surface area contributed by atoms with Crippen molar-refractivity contribution in [3.05, 3.63) is 69.8 Å². The van der Waals surface area contributed by atoms with Crippen LogP contribution in [0.2, 0.25) is 10.0 Å². The van der Waals surface area contributed by atoms with Gasteiger partial charge in [-0.25, -0.2) is 0 Å². The van der Waals surface area contributed by atoms with Crippen LogP contribution in [0, 0.1) is 11.3 Å². The molecular weight excluding hydrogens is 551 g/mol. The van der Waals surface area contributed by atoms with Gasteiger partial charge in [0.15, 0.2) is 0 Å². The number of anilines is 2. The van der Waals surface area contributed by atoms with Crippen LogP contribution in [-0.4, -0.2) is 51.2 Å². The van der Waals surface area contributed by atoms with Crippen LogP contribution in [0.25, 0.3) is 20.7 Å². The zero-order chi connectivity index (χ0) is 26.1. The van der Waals surface area contributed by atoms with Crippen LogP contribution in [0.3, 0.4) is 0 Å². The third-order valence-electron chi connectivity index (χ3n) is 6.08. The minimum absolute atomic E-state index is 0.390. The van der Waals surface area contributed by atoms with E-state index in [4.69, 9.17) is 27.9 Å². The van der Waals surface area contributed by atoms with Gasteiger partial charge >= 0.3 is 0 Å². The van der Waals surface area contributed by atoms with Crippen LogP contribution in [0.5, 0.6) is 5.75 Å². The van der Waals surface area contributed by atoms with E-state index in [-0.39, 0.29) is 0 Å².